The minimum atomic E-state index is -0.0542. The number of ether oxygens (including phenoxy) is 1. The number of hydrogen-bond acceptors (Lipinski definition) is 3. The molecule has 0 bridgehead atoms. The molecule has 1 amide bonds. The van der Waals surface area contributed by atoms with Gasteiger partial charge in [0.1, 0.15) is 6.10 Å². The van der Waals surface area contributed by atoms with Gasteiger partial charge in [0.05, 0.1) is 13.2 Å². The minimum Gasteiger partial charge on any atom is -0.370 e. The zero-order valence-corrected chi connectivity index (χ0v) is 13.8. The van der Waals surface area contributed by atoms with Crippen molar-refractivity contribution < 1.29 is 9.53 Å². The van der Waals surface area contributed by atoms with Crippen molar-refractivity contribution >= 4 is 5.91 Å². The molecule has 2 aromatic rings. The highest BCUT2D eigenvalue weighted by atomic mass is 16.5. The first kappa shape index (κ1) is 15.4. The molecule has 1 aromatic carbocycles. The van der Waals surface area contributed by atoms with Crippen LogP contribution in [0.4, 0.5) is 0 Å². The van der Waals surface area contributed by atoms with Gasteiger partial charge in [0.15, 0.2) is 5.69 Å². The van der Waals surface area contributed by atoms with Crippen LogP contribution in [0.5, 0.6) is 0 Å². The first-order valence-corrected chi connectivity index (χ1v) is 8.85. The predicted octanol–water partition coefficient (Wildman–Crippen LogP) is 2.89. The molecule has 2 aliphatic rings. The minimum absolute atomic E-state index is 0.0404. The largest absolute Gasteiger partial charge is 0.370 e. The van der Waals surface area contributed by atoms with E-state index >= 15 is 0 Å². The zero-order chi connectivity index (χ0) is 16.4. The third-order valence-corrected chi connectivity index (χ3v) is 5.03. The number of morpholine rings is 1. The van der Waals surface area contributed by atoms with E-state index in [4.69, 9.17) is 4.74 Å². The van der Waals surface area contributed by atoms with Gasteiger partial charge in [0.2, 0.25) is 0 Å². The van der Waals surface area contributed by atoms with Crippen LogP contribution in [0.1, 0.15) is 52.7 Å². The molecule has 5 heteroatoms. The fourth-order valence-electron chi connectivity index (χ4n) is 3.69. The lowest BCUT2D eigenvalue weighted by Crippen LogP contribution is -2.42. The Morgan fingerprint density at radius 3 is 2.88 bits per heavy atom. The lowest BCUT2D eigenvalue weighted by Gasteiger charge is -2.33. The summed E-state index contributed by atoms with van der Waals surface area (Å²) in [6.45, 7) is 1.78. The van der Waals surface area contributed by atoms with Gasteiger partial charge in [0, 0.05) is 17.8 Å². The number of aryl methyl sites for hydroxylation is 1. The number of nitrogens with zero attached hydrogens (tertiary/aromatic N) is 2. The quantitative estimate of drug-likeness (QED) is 0.864. The molecule has 0 spiro atoms. The van der Waals surface area contributed by atoms with Gasteiger partial charge in [-0.3, -0.25) is 9.89 Å². The molecule has 4 rings (SSSR count). The van der Waals surface area contributed by atoms with Crippen molar-refractivity contribution in [1.29, 1.82) is 0 Å². The Hall–Kier alpha value is -2.14. The standard InChI is InChI=1S/C19H23N3O2/c23-19(18-15-9-5-2-6-10-16(15)20-21-18)22-11-12-24-17(13-22)14-7-3-1-4-8-14/h1,3-4,7-8,17H,2,5-6,9-13H2,(H,20,21)/t17-/m0/s1. The normalized spacial score (nSPS) is 21.2. The van der Waals surface area contributed by atoms with Crippen LogP contribution in [0.3, 0.4) is 0 Å². The summed E-state index contributed by atoms with van der Waals surface area (Å²) in [5.41, 5.74) is 4.04. The molecule has 1 aromatic heterocycles. The van der Waals surface area contributed by atoms with Crippen molar-refractivity contribution in [1.82, 2.24) is 15.1 Å². The summed E-state index contributed by atoms with van der Waals surface area (Å²) in [5.74, 6) is 0.0404. The van der Waals surface area contributed by atoms with E-state index in [2.05, 4.69) is 22.3 Å². The number of carbonyl (C=O) groups is 1. The van der Waals surface area contributed by atoms with Gasteiger partial charge in [0.25, 0.3) is 5.91 Å². The maximum atomic E-state index is 13.0. The van der Waals surface area contributed by atoms with Crippen LogP contribution in [-0.2, 0) is 17.6 Å². The molecule has 1 aliphatic carbocycles. The molecule has 1 aliphatic heterocycles. The lowest BCUT2D eigenvalue weighted by atomic mass is 10.1. The maximum absolute atomic E-state index is 13.0. The SMILES string of the molecule is O=C(c1n[nH]c2c1CCCCC2)N1CCO[C@H](c2ccccc2)C1. The van der Waals surface area contributed by atoms with E-state index in [1.54, 1.807) is 0 Å². The molecule has 2 heterocycles. The van der Waals surface area contributed by atoms with Crippen LogP contribution in [0.2, 0.25) is 0 Å². The molecule has 1 fully saturated rings. The average Bonchev–Trinajstić information content (AvgIpc) is 2.90. The first-order valence-electron chi connectivity index (χ1n) is 8.85. The van der Waals surface area contributed by atoms with E-state index in [0.717, 1.165) is 36.1 Å². The maximum Gasteiger partial charge on any atom is 0.274 e. The summed E-state index contributed by atoms with van der Waals surface area (Å²) in [6, 6.07) is 10.1. The zero-order valence-electron chi connectivity index (χ0n) is 13.8. The van der Waals surface area contributed by atoms with Gasteiger partial charge in [-0.25, -0.2) is 0 Å². The molecule has 1 atom stereocenters. The highest BCUT2D eigenvalue weighted by Crippen LogP contribution is 2.26. The summed E-state index contributed by atoms with van der Waals surface area (Å²) in [4.78, 5) is 14.9. The molecule has 126 valence electrons. The Balaban J connectivity index is 1.53. The average molecular weight is 325 g/mol. The molecular weight excluding hydrogens is 302 g/mol. The highest BCUT2D eigenvalue weighted by Gasteiger charge is 2.29. The second-order valence-electron chi connectivity index (χ2n) is 6.61. The molecule has 0 saturated carbocycles. The number of rotatable bonds is 2. The fraction of sp³-hybridized carbons (Fsp3) is 0.474. The van der Waals surface area contributed by atoms with Crippen molar-refractivity contribution in [3.63, 3.8) is 0 Å². The van der Waals surface area contributed by atoms with Crippen LogP contribution in [0.25, 0.3) is 0 Å². The molecule has 24 heavy (non-hydrogen) atoms. The monoisotopic (exact) mass is 325 g/mol. The predicted molar refractivity (Wildman–Crippen MR) is 90.9 cm³/mol. The summed E-state index contributed by atoms with van der Waals surface area (Å²) in [5, 5.41) is 7.46. The molecule has 0 radical (unpaired) electrons. The van der Waals surface area contributed by atoms with Gasteiger partial charge in [-0.15, -0.1) is 0 Å². The van der Waals surface area contributed by atoms with E-state index < -0.39 is 0 Å². The van der Waals surface area contributed by atoms with Crippen molar-refractivity contribution in [2.75, 3.05) is 19.7 Å². The summed E-state index contributed by atoms with van der Waals surface area (Å²) >= 11 is 0. The van der Waals surface area contributed by atoms with Crippen LogP contribution in [0, 0.1) is 0 Å². The second kappa shape index (κ2) is 6.77. The van der Waals surface area contributed by atoms with E-state index in [9.17, 15) is 4.79 Å². The Labute approximate surface area is 142 Å². The Morgan fingerprint density at radius 2 is 2.00 bits per heavy atom. The Morgan fingerprint density at radius 1 is 1.17 bits per heavy atom. The number of H-pyrrole nitrogens is 1. The highest BCUT2D eigenvalue weighted by molar-refractivity contribution is 5.94. The van der Waals surface area contributed by atoms with E-state index in [0.29, 0.717) is 25.4 Å². The van der Waals surface area contributed by atoms with Crippen LogP contribution < -0.4 is 0 Å². The van der Waals surface area contributed by atoms with E-state index in [-0.39, 0.29) is 12.0 Å². The van der Waals surface area contributed by atoms with Gasteiger partial charge in [-0.2, -0.15) is 5.10 Å². The second-order valence-corrected chi connectivity index (χ2v) is 6.61. The van der Waals surface area contributed by atoms with Gasteiger partial charge in [-0.1, -0.05) is 36.8 Å². The lowest BCUT2D eigenvalue weighted by molar-refractivity contribution is -0.0230. The summed E-state index contributed by atoms with van der Waals surface area (Å²) in [6.07, 6.45) is 5.45. The third-order valence-electron chi connectivity index (χ3n) is 5.03. The number of aromatic amines is 1. The first-order chi connectivity index (χ1) is 11.8. The molecule has 5 nitrogen and oxygen atoms in total. The van der Waals surface area contributed by atoms with Crippen molar-refractivity contribution in [2.45, 2.75) is 38.2 Å². The van der Waals surface area contributed by atoms with Gasteiger partial charge >= 0.3 is 0 Å². The van der Waals surface area contributed by atoms with Crippen molar-refractivity contribution in [2.24, 2.45) is 0 Å². The fourth-order valence-corrected chi connectivity index (χ4v) is 3.69. The van der Waals surface area contributed by atoms with Crippen molar-refractivity contribution in [3.05, 3.63) is 52.8 Å². The molecule has 1 N–H and O–H groups in total. The number of hydrogen-bond donors (Lipinski definition) is 1. The Bertz CT molecular complexity index is 711. The molecule has 1 saturated heterocycles. The topological polar surface area (TPSA) is 58.2 Å². The van der Waals surface area contributed by atoms with Crippen LogP contribution in [0.15, 0.2) is 30.3 Å². The number of amides is 1. The number of aromatic nitrogens is 2. The summed E-state index contributed by atoms with van der Waals surface area (Å²) < 4.78 is 5.87. The smallest absolute Gasteiger partial charge is 0.274 e. The number of fused-ring (bicyclic) bond motifs is 1. The van der Waals surface area contributed by atoms with E-state index in [1.165, 1.54) is 12.8 Å². The van der Waals surface area contributed by atoms with Gasteiger partial charge < -0.3 is 9.64 Å². The van der Waals surface area contributed by atoms with Crippen LogP contribution in [-0.4, -0.2) is 40.7 Å². The molecular formula is C19H23N3O2. The van der Waals surface area contributed by atoms with Crippen LogP contribution >= 0.6 is 0 Å². The molecule has 0 unspecified atom stereocenters. The number of carbonyl (C=O) groups excluding carboxylic acids is 1. The third kappa shape index (κ3) is 2.96. The number of nitrogens with one attached hydrogen (secondary N) is 1. The van der Waals surface area contributed by atoms with Crippen molar-refractivity contribution in [3.8, 4) is 0 Å². The van der Waals surface area contributed by atoms with E-state index in [1.807, 2.05) is 23.1 Å². The Kier molecular flexibility index (Phi) is 4.34. The number of benzene rings is 1. The summed E-state index contributed by atoms with van der Waals surface area (Å²) in [7, 11) is 0. The van der Waals surface area contributed by atoms with Gasteiger partial charge in [-0.05, 0) is 31.2 Å².